The average molecular weight is 1690 g/mol. The summed E-state index contributed by atoms with van der Waals surface area (Å²) in [7, 11) is 2.59. The van der Waals surface area contributed by atoms with Gasteiger partial charge in [-0.15, -0.1) is 0 Å². The van der Waals surface area contributed by atoms with Gasteiger partial charge in [0.1, 0.15) is 45.4 Å². The van der Waals surface area contributed by atoms with Crippen LogP contribution in [-0.2, 0) is 28.7 Å². The second-order valence-corrected chi connectivity index (χ2v) is 33.6. The van der Waals surface area contributed by atoms with E-state index in [0.717, 1.165) is 117 Å². The molecular weight excluding hydrogens is 1590 g/mol. The van der Waals surface area contributed by atoms with Crippen molar-refractivity contribution >= 4 is 105 Å². The first kappa shape index (κ1) is 86.5. The number of carbonyl (C=O) groups is 6. The SMILES string of the molecule is COC(=O)N[C@@H](C(=O)N1C[C@@H](SC)C[C@H]1C1=NC=C(c2ccc(-c3ccc(-c4nc([C@@H]5CCCN5C(=O)[C@@H](C)c5ccccc5)[nH]c4Cl)cc3)cc2)C1)c1ccccc1.COC(=O)N[C@H](C(=O)N1C[C@@H](SC)C[C@H]1C1=NC=C(c2ccc(-c3ccc(-c4nc([C@@H]5CCCN5C(=O)[C@H](C)c5ccccc5)[nH]c4Cl)cc3)cc2)C1)c1ccccc1.O.O. The monoisotopic (exact) mass is 1690 g/mol. The van der Waals surface area contributed by atoms with Crippen molar-refractivity contribution < 1.29 is 49.2 Å². The molecule has 0 saturated carbocycles. The van der Waals surface area contributed by atoms with Crippen LogP contribution in [0.15, 0.2) is 241 Å². The molecule has 8 heterocycles. The van der Waals surface area contributed by atoms with E-state index in [1.165, 1.54) is 14.2 Å². The predicted octanol–water partition coefficient (Wildman–Crippen LogP) is 17.3. The number of methoxy groups -OCH3 is 2. The summed E-state index contributed by atoms with van der Waals surface area (Å²) in [6.45, 7) is 6.46. The van der Waals surface area contributed by atoms with Gasteiger partial charge in [-0.3, -0.25) is 29.2 Å². The van der Waals surface area contributed by atoms with Gasteiger partial charge in [-0.2, -0.15) is 23.5 Å². The van der Waals surface area contributed by atoms with Gasteiger partial charge in [-0.1, -0.05) is 242 Å². The number of rotatable bonds is 22. The number of benzene rings is 8. The topological polar surface area (TPSA) is 303 Å². The number of aromatic amines is 2. The molecule has 6 aliphatic heterocycles. The number of imidazole rings is 2. The Morgan fingerprint density at radius 3 is 1.04 bits per heavy atom. The summed E-state index contributed by atoms with van der Waals surface area (Å²) >= 11 is 17.0. The van der Waals surface area contributed by atoms with Crippen molar-refractivity contribution in [1.82, 2.24) is 50.2 Å². The number of aromatic nitrogens is 4. The summed E-state index contributed by atoms with van der Waals surface area (Å²) in [6, 6.07) is 69.3. The molecule has 16 rings (SSSR count). The largest absolute Gasteiger partial charge is 0.453 e. The highest BCUT2D eigenvalue weighted by atomic mass is 35.5. The van der Waals surface area contributed by atoms with Crippen molar-refractivity contribution in [3.8, 4) is 44.8 Å². The Morgan fingerprint density at radius 1 is 0.417 bits per heavy atom. The van der Waals surface area contributed by atoms with Crippen LogP contribution in [0.5, 0.6) is 0 Å². The lowest BCUT2D eigenvalue weighted by molar-refractivity contribution is -0.134. The molecule has 8 N–H and O–H groups in total. The maximum Gasteiger partial charge on any atom is 0.407 e. The van der Waals surface area contributed by atoms with Crippen LogP contribution in [0.2, 0.25) is 10.3 Å². The smallest absolute Gasteiger partial charge is 0.407 e. The van der Waals surface area contributed by atoms with Crippen molar-refractivity contribution in [2.24, 2.45) is 9.98 Å². The van der Waals surface area contributed by atoms with Gasteiger partial charge in [0, 0.05) is 84.5 Å². The molecule has 2 aromatic heterocycles. The molecule has 10 atom stereocenters. The van der Waals surface area contributed by atoms with E-state index in [4.69, 9.17) is 52.6 Å². The highest BCUT2D eigenvalue weighted by Crippen LogP contribution is 2.43. The molecule has 10 aromatic rings. The Balaban J connectivity index is 0.000000204. The Kier molecular flexibility index (Phi) is 28.3. The van der Waals surface area contributed by atoms with E-state index in [0.29, 0.717) is 83.5 Å². The molecule has 8 aromatic carbocycles. The van der Waals surface area contributed by atoms with Crippen LogP contribution in [0.1, 0.15) is 146 Å². The summed E-state index contributed by atoms with van der Waals surface area (Å²) < 4.78 is 9.75. The number of ether oxygens (including phenoxy) is 2. The third-order valence-electron chi connectivity index (χ3n) is 23.6. The van der Waals surface area contributed by atoms with E-state index >= 15 is 0 Å². The summed E-state index contributed by atoms with van der Waals surface area (Å²) in [5.74, 6) is 0.794. The molecule has 4 fully saturated rings. The van der Waals surface area contributed by atoms with Crippen molar-refractivity contribution in [3.63, 3.8) is 0 Å². The lowest BCUT2D eigenvalue weighted by Crippen LogP contribution is -2.47. The number of nitrogens with zero attached hydrogens (tertiary/aromatic N) is 8. The van der Waals surface area contributed by atoms with E-state index in [2.05, 4.69) is 106 Å². The molecule has 0 radical (unpaired) electrons. The number of halogens is 2. The average Bonchev–Trinajstić information content (AvgIpc) is 1.74. The van der Waals surface area contributed by atoms with Gasteiger partial charge in [0.05, 0.1) is 50.2 Å². The molecule has 22 nitrogen and oxygen atoms in total. The van der Waals surface area contributed by atoms with Gasteiger partial charge >= 0.3 is 12.2 Å². The molecule has 0 aliphatic carbocycles. The number of alkyl carbamates (subject to hydrolysis) is 2. The number of hydrogen-bond donors (Lipinski definition) is 4. The number of H-pyrrole nitrogens is 2. The minimum absolute atomic E-state index is 0. The van der Waals surface area contributed by atoms with Crippen LogP contribution in [0.4, 0.5) is 9.59 Å². The first-order valence-electron chi connectivity index (χ1n) is 40.0. The Bertz CT molecular complexity index is 5080. The molecular formula is C94H98Cl2N12O10S2. The predicted molar refractivity (Wildman–Crippen MR) is 478 cm³/mol. The van der Waals surface area contributed by atoms with Crippen molar-refractivity contribution in [3.05, 3.63) is 286 Å². The fourth-order valence-corrected chi connectivity index (χ4v) is 18.9. The second-order valence-electron chi connectivity index (χ2n) is 30.6. The first-order valence-corrected chi connectivity index (χ1v) is 43.4. The van der Waals surface area contributed by atoms with Crippen molar-refractivity contribution in [1.29, 1.82) is 0 Å². The molecule has 0 spiro atoms. The van der Waals surface area contributed by atoms with Gasteiger partial charge in [-0.05, 0) is 132 Å². The number of amides is 6. The van der Waals surface area contributed by atoms with Crippen LogP contribution in [0.25, 0.3) is 55.9 Å². The Hall–Kier alpha value is -11.4. The summed E-state index contributed by atoms with van der Waals surface area (Å²) in [4.78, 5) is 114. The van der Waals surface area contributed by atoms with E-state index in [1.807, 2.05) is 191 Å². The molecule has 120 heavy (non-hydrogen) atoms. The van der Waals surface area contributed by atoms with Crippen LogP contribution in [0, 0.1) is 0 Å². The zero-order valence-electron chi connectivity index (χ0n) is 67.6. The van der Waals surface area contributed by atoms with Gasteiger partial charge < -0.3 is 60.6 Å². The zero-order valence-corrected chi connectivity index (χ0v) is 70.8. The molecule has 0 bridgehead atoms. The minimum Gasteiger partial charge on any atom is -0.453 e. The molecule has 6 amide bonds. The van der Waals surface area contributed by atoms with Crippen LogP contribution < -0.4 is 10.6 Å². The number of aliphatic imine (C=N–C) groups is 2. The highest BCUT2D eigenvalue weighted by molar-refractivity contribution is 7.99. The van der Waals surface area contributed by atoms with Crippen LogP contribution in [-0.4, -0.2) is 173 Å². The molecule has 4 saturated heterocycles. The highest BCUT2D eigenvalue weighted by Gasteiger charge is 2.45. The van der Waals surface area contributed by atoms with E-state index < -0.39 is 24.3 Å². The second kappa shape index (κ2) is 39.2. The maximum absolute atomic E-state index is 14.2. The van der Waals surface area contributed by atoms with Crippen LogP contribution in [0.3, 0.4) is 0 Å². The van der Waals surface area contributed by atoms with Gasteiger partial charge in [-0.25, -0.2) is 19.6 Å². The number of nitrogens with one attached hydrogen (secondary N) is 4. The fourth-order valence-electron chi connectivity index (χ4n) is 17.0. The Morgan fingerprint density at radius 2 is 0.725 bits per heavy atom. The van der Waals surface area contributed by atoms with E-state index in [9.17, 15) is 28.8 Å². The molecule has 0 unspecified atom stereocenters. The molecule has 6 aliphatic rings. The Labute approximate surface area is 717 Å². The standard InChI is InChI=1S/2C47H47ClN6O4S.2H2O/c2*1-29(30-11-6-4-7-12-30)45(55)53-24-10-15-39(53)44-50-41(43(48)52-44)35-22-20-32(21-23-35)31-16-18-33(19-17-31)36-25-38(49-27-36)40-26-37(59-3)28-54(40)46(56)42(51-47(57)58-2)34-13-8-5-9-14-34;;/h2*4-9,11-14,16-23,27,29,37,39-40,42H,10,15,24-26,28H2,1-3H3,(H,50,52)(H,51,57);2*1H2/t29-,37+,39+,40+,42+;29-,37-,39-,40-,42+;;/m10../s1. The minimum atomic E-state index is -0.870. The maximum atomic E-state index is 14.2. The quantitative estimate of drug-likeness (QED) is 0.0492. The van der Waals surface area contributed by atoms with E-state index in [1.54, 1.807) is 23.5 Å². The zero-order chi connectivity index (χ0) is 82.1. The van der Waals surface area contributed by atoms with E-state index in [-0.39, 0.29) is 81.1 Å². The molecule has 620 valence electrons. The van der Waals surface area contributed by atoms with Crippen molar-refractivity contribution in [2.45, 2.75) is 124 Å². The third kappa shape index (κ3) is 18.9. The number of thioether (sulfide) groups is 2. The van der Waals surface area contributed by atoms with Gasteiger partial charge in [0.15, 0.2) is 0 Å². The summed E-state index contributed by atoms with van der Waals surface area (Å²) in [5.41, 5.74) is 17.0. The lowest BCUT2D eigenvalue weighted by Gasteiger charge is -2.29. The number of likely N-dealkylation sites (tertiary alicyclic amines) is 4. The van der Waals surface area contributed by atoms with Crippen molar-refractivity contribution in [2.75, 3.05) is 52.9 Å². The number of allylic oxidation sites excluding steroid dienone is 2. The lowest BCUT2D eigenvalue weighted by atomic mass is 9.96. The van der Waals surface area contributed by atoms with Gasteiger partial charge in [0.25, 0.3) is 11.8 Å². The fraction of sp³-hybridized carbons (Fsp3) is 0.298. The van der Waals surface area contributed by atoms with Crippen LogP contribution >= 0.6 is 46.7 Å². The first-order chi connectivity index (χ1) is 57.4. The number of hydrogen-bond acceptors (Lipinski definition) is 14. The summed E-state index contributed by atoms with van der Waals surface area (Å²) in [6.07, 6.45) is 13.0. The van der Waals surface area contributed by atoms with Gasteiger partial charge in [0.2, 0.25) is 11.8 Å². The third-order valence-corrected chi connectivity index (χ3v) is 26.2. The summed E-state index contributed by atoms with van der Waals surface area (Å²) in [5, 5.41) is 6.95. The molecule has 26 heteroatoms. The number of carbonyl (C=O) groups excluding carboxylic acids is 6. The normalized spacial score (nSPS) is 19.6.